The molecule has 0 aliphatic heterocycles. The first-order valence-electron chi connectivity index (χ1n) is 9.70. The Balaban J connectivity index is 2.63. The number of anilines is 2. The minimum atomic E-state index is -0.341. The summed E-state index contributed by atoms with van der Waals surface area (Å²) >= 11 is 0. The van der Waals surface area contributed by atoms with Gasteiger partial charge in [-0.05, 0) is 30.4 Å². The van der Waals surface area contributed by atoms with Gasteiger partial charge in [-0.1, -0.05) is 66.2 Å². The molecule has 0 bridgehead atoms. The molecule has 4 nitrogen and oxygen atoms in total. The van der Waals surface area contributed by atoms with Gasteiger partial charge in [-0.25, -0.2) is 4.79 Å². The van der Waals surface area contributed by atoms with Gasteiger partial charge in [-0.3, -0.25) is 0 Å². The second kappa shape index (κ2) is 10.3. The van der Waals surface area contributed by atoms with E-state index < -0.39 is 0 Å². The average molecular weight is 349 g/mol. The van der Waals surface area contributed by atoms with Gasteiger partial charge in [0.15, 0.2) is 0 Å². The molecule has 0 heterocycles. The number of hydrogen-bond donors (Lipinski definition) is 2. The van der Waals surface area contributed by atoms with E-state index in [1.54, 1.807) is 12.1 Å². The molecule has 1 rings (SSSR count). The predicted molar refractivity (Wildman–Crippen MR) is 107 cm³/mol. The highest BCUT2D eigenvalue weighted by molar-refractivity contribution is 5.92. The fourth-order valence-electron chi connectivity index (χ4n) is 3.47. The van der Waals surface area contributed by atoms with Crippen LogP contribution in [0.2, 0.25) is 0 Å². The molecule has 4 N–H and O–H groups in total. The monoisotopic (exact) mass is 348 g/mol. The number of hydrogen-bond acceptors (Lipinski definition) is 4. The van der Waals surface area contributed by atoms with Gasteiger partial charge < -0.3 is 16.2 Å². The summed E-state index contributed by atoms with van der Waals surface area (Å²) in [6.45, 7) is 9.06. The Bertz CT molecular complexity index is 530. The molecular formula is C21H36N2O2. The molecule has 0 spiro atoms. The number of nitrogens with two attached hydrogens (primary N) is 2. The molecule has 0 radical (unpaired) electrons. The van der Waals surface area contributed by atoms with E-state index in [-0.39, 0.29) is 11.4 Å². The van der Waals surface area contributed by atoms with Crippen LogP contribution in [0.1, 0.15) is 95.0 Å². The fraction of sp³-hybridized carbons (Fsp3) is 0.667. The van der Waals surface area contributed by atoms with Crippen molar-refractivity contribution in [3.05, 3.63) is 23.3 Å². The van der Waals surface area contributed by atoms with Gasteiger partial charge in [-0.2, -0.15) is 0 Å². The Morgan fingerprint density at radius 1 is 0.960 bits per heavy atom. The van der Waals surface area contributed by atoms with Gasteiger partial charge in [0.05, 0.1) is 12.2 Å². The Morgan fingerprint density at radius 3 is 2.08 bits per heavy atom. The van der Waals surface area contributed by atoms with E-state index in [2.05, 4.69) is 27.7 Å². The lowest BCUT2D eigenvalue weighted by Gasteiger charge is -2.28. The van der Waals surface area contributed by atoms with Crippen LogP contribution in [-0.4, -0.2) is 12.6 Å². The van der Waals surface area contributed by atoms with Gasteiger partial charge in [0.2, 0.25) is 0 Å². The van der Waals surface area contributed by atoms with Crippen LogP contribution < -0.4 is 11.5 Å². The Labute approximate surface area is 153 Å². The molecule has 1 aromatic carbocycles. The predicted octanol–water partition coefficient (Wildman–Crippen LogP) is 5.45. The van der Waals surface area contributed by atoms with E-state index in [0.29, 0.717) is 23.5 Å². The molecule has 142 valence electrons. The molecule has 1 aromatic rings. The topological polar surface area (TPSA) is 78.3 Å². The van der Waals surface area contributed by atoms with Crippen LogP contribution in [0.3, 0.4) is 0 Å². The summed E-state index contributed by atoms with van der Waals surface area (Å²) in [5.41, 5.74) is 14.8. The number of carbonyl (C=O) groups is 1. The first-order valence-corrected chi connectivity index (χ1v) is 9.70. The van der Waals surface area contributed by atoms with E-state index in [0.717, 1.165) is 31.2 Å². The van der Waals surface area contributed by atoms with Crippen LogP contribution in [-0.2, 0) is 10.2 Å². The largest absolute Gasteiger partial charge is 0.462 e. The Kier molecular flexibility index (Phi) is 8.81. The first-order chi connectivity index (χ1) is 11.8. The zero-order valence-electron chi connectivity index (χ0n) is 16.5. The number of carbonyl (C=O) groups excluding carboxylic acids is 1. The Morgan fingerprint density at radius 2 is 1.52 bits per heavy atom. The third-order valence-corrected chi connectivity index (χ3v) is 4.72. The van der Waals surface area contributed by atoms with Crippen molar-refractivity contribution in [2.75, 3.05) is 18.1 Å². The van der Waals surface area contributed by atoms with Crippen molar-refractivity contribution in [3.63, 3.8) is 0 Å². The maximum absolute atomic E-state index is 12.2. The third kappa shape index (κ3) is 6.60. The van der Waals surface area contributed by atoms with Gasteiger partial charge in [0.1, 0.15) is 0 Å². The number of unbranched alkanes of at least 4 members (excludes halogenated alkanes) is 5. The van der Waals surface area contributed by atoms with Crippen molar-refractivity contribution in [2.45, 2.75) is 84.5 Å². The van der Waals surface area contributed by atoms with Crippen molar-refractivity contribution >= 4 is 17.3 Å². The normalized spacial score (nSPS) is 11.5. The molecule has 0 saturated heterocycles. The molecule has 0 aliphatic carbocycles. The number of benzene rings is 1. The maximum Gasteiger partial charge on any atom is 0.338 e. The number of rotatable bonds is 11. The van der Waals surface area contributed by atoms with Crippen LogP contribution in [0.25, 0.3) is 0 Å². The van der Waals surface area contributed by atoms with Crippen molar-refractivity contribution in [1.82, 2.24) is 0 Å². The summed E-state index contributed by atoms with van der Waals surface area (Å²) in [6, 6.07) is 3.40. The summed E-state index contributed by atoms with van der Waals surface area (Å²) in [7, 11) is 0. The smallest absolute Gasteiger partial charge is 0.338 e. The Hall–Kier alpha value is -1.71. The van der Waals surface area contributed by atoms with Crippen LogP contribution in [0.15, 0.2) is 12.1 Å². The average Bonchev–Trinajstić information content (AvgIpc) is 2.52. The maximum atomic E-state index is 12.2. The van der Waals surface area contributed by atoms with Gasteiger partial charge in [0, 0.05) is 16.9 Å². The molecule has 4 heteroatoms. The lowest BCUT2D eigenvalue weighted by atomic mass is 9.78. The standard InChI is InChI=1S/C21H36N2O2/c1-5-7-8-9-10-11-13-25-20(24)16-14-17(22)19(18(23)15-16)21(3,4)12-6-2/h14-15H,5-13,22-23H2,1-4H3. The summed E-state index contributed by atoms with van der Waals surface area (Å²) in [4.78, 5) is 12.2. The van der Waals surface area contributed by atoms with Crippen LogP contribution in [0.5, 0.6) is 0 Å². The lowest BCUT2D eigenvalue weighted by molar-refractivity contribution is 0.0497. The number of nitrogen functional groups attached to an aromatic ring is 2. The number of esters is 1. The second-order valence-electron chi connectivity index (χ2n) is 7.57. The molecular weight excluding hydrogens is 312 g/mol. The van der Waals surface area contributed by atoms with Crippen molar-refractivity contribution in [1.29, 1.82) is 0 Å². The van der Waals surface area contributed by atoms with Crippen LogP contribution in [0, 0.1) is 0 Å². The van der Waals surface area contributed by atoms with Crippen molar-refractivity contribution in [3.8, 4) is 0 Å². The molecule has 0 fully saturated rings. The lowest BCUT2D eigenvalue weighted by Crippen LogP contribution is -2.21. The minimum Gasteiger partial charge on any atom is -0.462 e. The molecule has 0 unspecified atom stereocenters. The van der Waals surface area contributed by atoms with Gasteiger partial charge in [-0.15, -0.1) is 0 Å². The summed E-state index contributed by atoms with van der Waals surface area (Å²) in [6.07, 6.45) is 9.02. The summed E-state index contributed by atoms with van der Waals surface area (Å²) < 4.78 is 5.37. The molecule has 0 aliphatic rings. The molecule has 25 heavy (non-hydrogen) atoms. The zero-order chi connectivity index (χ0) is 18.9. The van der Waals surface area contributed by atoms with E-state index in [1.165, 1.54) is 25.7 Å². The van der Waals surface area contributed by atoms with Gasteiger partial charge >= 0.3 is 5.97 Å². The highest BCUT2D eigenvalue weighted by atomic mass is 16.5. The van der Waals surface area contributed by atoms with E-state index in [4.69, 9.17) is 16.2 Å². The quantitative estimate of drug-likeness (QED) is 0.317. The van der Waals surface area contributed by atoms with Crippen LogP contribution in [0.4, 0.5) is 11.4 Å². The van der Waals surface area contributed by atoms with Gasteiger partial charge in [0.25, 0.3) is 0 Å². The minimum absolute atomic E-state index is 0.107. The molecule has 0 saturated carbocycles. The summed E-state index contributed by atoms with van der Waals surface area (Å²) in [5, 5.41) is 0. The van der Waals surface area contributed by atoms with Crippen LogP contribution >= 0.6 is 0 Å². The van der Waals surface area contributed by atoms with E-state index in [9.17, 15) is 4.79 Å². The molecule has 0 atom stereocenters. The zero-order valence-corrected chi connectivity index (χ0v) is 16.5. The summed E-state index contributed by atoms with van der Waals surface area (Å²) in [5.74, 6) is -0.341. The fourth-order valence-corrected chi connectivity index (χ4v) is 3.47. The van der Waals surface area contributed by atoms with Crippen molar-refractivity contribution < 1.29 is 9.53 Å². The highest BCUT2D eigenvalue weighted by Crippen LogP contribution is 2.37. The van der Waals surface area contributed by atoms with E-state index in [1.807, 2.05) is 0 Å². The third-order valence-electron chi connectivity index (χ3n) is 4.72. The van der Waals surface area contributed by atoms with E-state index >= 15 is 0 Å². The first kappa shape index (κ1) is 21.3. The number of ether oxygens (including phenoxy) is 1. The highest BCUT2D eigenvalue weighted by Gasteiger charge is 2.26. The SMILES string of the molecule is CCCCCCCCOC(=O)c1cc(N)c(C(C)(C)CCC)c(N)c1. The van der Waals surface area contributed by atoms with Crippen molar-refractivity contribution in [2.24, 2.45) is 0 Å². The second-order valence-corrected chi connectivity index (χ2v) is 7.57. The molecule has 0 aromatic heterocycles. The molecule has 0 amide bonds.